The van der Waals surface area contributed by atoms with Gasteiger partial charge in [0.25, 0.3) is 0 Å². The number of carbonyl (C=O) groups is 7. The number of hydrazine groups is 1. The average Bonchev–Trinajstić information content (AvgIpc) is 1.51. The number of aryl methyl sites for hydroxylation is 3. The van der Waals surface area contributed by atoms with Crippen LogP contribution in [0.1, 0.15) is 163 Å². The number of aliphatic carboxylic acids is 1. The van der Waals surface area contributed by atoms with Crippen molar-refractivity contribution in [3.8, 4) is 29.4 Å². The van der Waals surface area contributed by atoms with Crippen LogP contribution in [0.5, 0.6) is 17.2 Å². The Morgan fingerprint density at radius 3 is 1.06 bits per heavy atom. The second-order valence-electron chi connectivity index (χ2n) is 26.0. The number of anilines is 3. The van der Waals surface area contributed by atoms with Gasteiger partial charge in [0.2, 0.25) is 27.2 Å². The van der Waals surface area contributed by atoms with Gasteiger partial charge in [0.1, 0.15) is 32.3 Å². The maximum atomic E-state index is 12.3. The van der Waals surface area contributed by atoms with Gasteiger partial charge in [-0.3, -0.25) is 14.4 Å². The number of unbranched alkanes of at least 4 members (excludes halogenated alkanes) is 9. The van der Waals surface area contributed by atoms with E-state index in [1.165, 1.54) is 76.5 Å². The van der Waals surface area contributed by atoms with E-state index in [0.29, 0.717) is 92.7 Å². The SMILES string of the molecule is N#CCCCCBr.N#CCCCCOC(=O)c1ccccc1.NNC(N)=S.Nc1nnc(CCCCOC(=O)c2ccccc2)s1.O=C(Cc1cccc(OC(F)(F)F)c1)Nc1nnc(CCCCCCO)s1.O=C(Cc1cccc(OC(F)(F)F)c1)Nc1nnc(CCCCOC(=O)c2ccccc2)s1.O=C(O)Cc1cccc(OC(F)(F)F)c1.O=C(O)c1ccccc1.[Li+].[OH-]. The zero-order valence-electron chi connectivity index (χ0n) is 71.0. The van der Waals surface area contributed by atoms with Crippen molar-refractivity contribution in [3.63, 3.8) is 0 Å². The number of nitriles is 2. The van der Waals surface area contributed by atoms with Crippen molar-refractivity contribution in [2.75, 3.05) is 48.1 Å². The maximum Gasteiger partial charge on any atom is 1.00 e. The Morgan fingerprint density at radius 1 is 0.439 bits per heavy atom. The number of hydrogen-bond donors (Lipinski definition) is 9. The van der Waals surface area contributed by atoms with E-state index in [9.17, 15) is 73.1 Å². The van der Waals surface area contributed by atoms with Crippen LogP contribution >= 0.6 is 62.2 Å². The summed E-state index contributed by atoms with van der Waals surface area (Å²) in [6.45, 7) is 1.28. The van der Waals surface area contributed by atoms with Crippen LogP contribution in [-0.4, -0.2) is 149 Å². The predicted molar refractivity (Wildman–Crippen MR) is 477 cm³/mol. The van der Waals surface area contributed by atoms with Crippen molar-refractivity contribution < 1.29 is 141 Å². The number of carboxylic acid groups (broad SMARTS) is 2. The number of nitrogen functional groups attached to an aromatic ring is 1. The first kappa shape index (κ1) is 118. The van der Waals surface area contributed by atoms with E-state index in [2.05, 4.69) is 95.5 Å². The summed E-state index contributed by atoms with van der Waals surface area (Å²) in [5, 5.41) is 75.3. The minimum atomic E-state index is -4.80. The molecule has 3 heterocycles. The molecular formula is C86H95BrF9LiN14O17S4. The van der Waals surface area contributed by atoms with Gasteiger partial charge in [-0.1, -0.05) is 172 Å². The second-order valence-corrected chi connectivity index (χ2v) is 30.5. The van der Waals surface area contributed by atoms with Gasteiger partial charge in [0, 0.05) is 44.0 Å². The first-order valence-electron chi connectivity index (χ1n) is 39.3. The maximum absolute atomic E-state index is 12.3. The van der Waals surface area contributed by atoms with Crippen LogP contribution in [0.3, 0.4) is 0 Å². The van der Waals surface area contributed by atoms with Gasteiger partial charge >= 0.3 is 67.8 Å². The number of carboxylic acids is 2. The molecule has 0 aliphatic rings. The summed E-state index contributed by atoms with van der Waals surface area (Å²) in [6.07, 6.45) is -1.15. The molecule has 0 unspecified atom stereocenters. The number of halogens is 10. The molecule has 0 bridgehead atoms. The minimum Gasteiger partial charge on any atom is -0.870 e. The standard InChI is InChI=1S/C22H20F3N3O4S.C17H20F3N3O3S.C13H15N3O2S.C12H13NO2.C9H7F3O3.C7H6O2.C5H8BrN.CH5N3S.Li.H2O/c23-22(24,25)32-17-10-6-7-15(13-17)14-18(29)26-21-28-27-19(33-21)11-4-5-12-31-20(30)16-8-2-1-3-9-16;18-17(19,20)26-13-7-5-6-12(10-13)11-14(25)21-16-23-22-15(27-16)8-3-1-2-4-9-24;14-13-16-15-11(19-13)8-4-5-9-18-12(17)10-6-2-1-3-7-10;13-9-5-2-6-10-15-12(14)11-7-3-1-4-8-11;10-9(11,12)15-7-3-1-2-6(4-7)5-8(13)14;8-7(9)6-4-2-1-3-5-6;6-4-2-1-3-5-7;2-1(5)4-3;;/h1-3,6-10,13H,4-5,11-12,14H2,(H,26,28,29);5-7,10,24H,1-4,8-9,11H2,(H,21,23,25);1-3,6-7H,4-5,8-9H2,(H2,14,16);1,3-4,7-8H,2,5-6,10H2;1-4H,5H2,(H,13,14);1-5H,(H,8,9);1-4H2;3H2,(H3,2,4,5);;1H2/q;;;;;;;;+1;/p-1. The number of aliphatic hydroxyl groups excluding tert-OH is 1. The van der Waals surface area contributed by atoms with Gasteiger partial charge in [-0.2, -0.15) is 10.5 Å². The monoisotopic (exact) mass is 1980 g/mol. The van der Waals surface area contributed by atoms with E-state index in [-0.39, 0.29) is 96.9 Å². The summed E-state index contributed by atoms with van der Waals surface area (Å²) >= 11 is 11.4. The van der Waals surface area contributed by atoms with Crippen LogP contribution in [0.15, 0.2) is 194 Å². The molecule has 0 radical (unpaired) electrons. The van der Waals surface area contributed by atoms with Crippen LogP contribution < -0.4 is 66.4 Å². The van der Waals surface area contributed by atoms with Crippen molar-refractivity contribution in [1.82, 2.24) is 36.0 Å². The number of aromatic carboxylic acids is 1. The van der Waals surface area contributed by atoms with Crippen LogP contribution in [0, 0.1) is 22.7 Å². The first-order valence-corrected chi connectivity index (χ1v) is 43.3. The third-order valence-corrected chi connectivity index (χ3v) is 18.8. The van der Waals surface area contributed by atoms with Crippen molar-refractivity contribution in [3.05, 3.63) is 248 Å². The summed E-state index contributed by atoms with van der Waals surface area (Å²) in [5.41, 5.74) is 15.3. The Kier molecular flexibility index (Phi) is 61.3. The number of esters is 3. The largest absolute Gasteiger partial charge is 1.00 e. The molecule has 132 heavy (non-hydrogen) atoms. The topological polar surface area (TPSA) is 505 Å². The second kappa shape index (κ2) is 68.7. The molecule has 2 amide bonds. The number of nitrogens with zero attached hydrogens (tertiary/aromatic N) is 8. The Morgan fingerprint density at radius 2 is 0.758 bits per heavy atom. The Labute approximate surface area is 791 Å². The summed E-state index contributed by atoms with van der Waals surface area (Å²) < 4.78 is 136. The number of amides is 2. The number of carbonyl (C=O) groups excluding carboxylic acids is 5. The quantitative estimate of drug-likeness (QED) is 0.00200. The summed E-state index contributed by atoms with van der Waals surface area (Å²) in [6, 6.07) is 54.4. The van der Waals surface area contributed by atoms with Crippen molar-refractivity contribution in [1.29, 1.82) is 10.5 Å². The fourth-order valence-electron chi connectivity index (χ4n) is 9.76. The molecule has 0 fully saturated rings. The fraction of sp³-hybridized carbons (Fsp3) is 0.326. The van der Waals surface area contributed by atoms with E-state index in [4.69, 9.17) is 51.5 Å². The summed E-state index contributed by atoms with van der Waals surface area (Å²) in [5.74, 6) is -0.286. The Bertz CT molecular complexity index is 5060. The number of nitrogens with one attached hydrogen (secondary N) is 3. The molecule has 0 saturated heterocycles. The van der Waals surface area contributed by atoms with Gasteiger partial charge in [-0.05, 0) is 178 Å². The molecule has 10 aromatic rings. The van der Waals surface area contributed by atoms with E-state index < -0.39 is 48.6 Å². The van der Waals surface area contributed by atoms with Crippen LogP contribution in [0.25, 0.3) is 0 Å². The molecule has 46 heteroatoms. The van der Waals surface area contributed by atoms with Crippen LogP contribution in [0.2, 0.25) is 0 Å². The zero-order valence-corrected chi connectivity index (χ0v) is 75.8. The molecule has 0 spiro atoms. The van der Waals surface area contributed by atoms with Gasteiger partial charge in [0.15, 0.2) is 5.11 Å². The number of rotatable bonds is 38. The molecule has 31 nitrogen and oxygen atoms in total. The zero-order chi connectivity index (χ0) is 95.8. The van der Waals surface area contributed by atoms with Gasteiger partial charge < -0.3 is 76.7 Å². The average molecular weight is 1980 g/mol. The number of ether oxygens (including phenoxy) is 6. The molecule has 0 atom stereocenters. The number of aliphatic hydroxyl groups is 1. The number of hydrogen-bond acceptors (Lipinski definition) is 29. The molecule has 0 aliphatic carbocycles. The number of alkyl halides is 10. The Hall–Kier alpha value is -12.3. The van der Waals surface area contributed by atoms with Gasteiger partial charge in [-0.25, -0.2) is 25.0 Å². The number of thiocarbonyl (C=S) groups is 1. The van der Waals surface area contributed by atoms with Crippen molar-refractivity contribution >= 4 is 124 Å². The first-order chi connectivity index (χ1) is 62.1. The van der Waals surface area contributed by atoms with E-state index in [1.807, 2.05) is 41.8 Å². The number of benzene rings is 7. The van der Waals surface area contributed by atoms with E-state index in [1.54, 1.807) is 97.1 Å². The van der Waals surface area contributed by atoms with E-state index in [0.717, 1.165) is 123 Å². The molecule has 3 aromatic heterocycles. The normalized spacial score (nSPS) is 10.2. The van der Waals surface area contributed by atoms with Crippen molar-refractivity contribution in [2.45, 2.75) is 148 Å². The molecule has 10 rings (SSSR count). The minimum absolute atomic E-state index is 0. The third-order valence-electron chi connectivity index (χ3n) is 15.5. The molecule has 13 N–H and O–H groups in total. The van der Waals surface area contributed by atoms with Gasteiger partial charge in [0.05, 0.1) is 73.5 Å². The number of aromatic nitrogens is 6. The third kappa shape index (κ3) is 59.8. The number of nitrogens with two attached hydrogens (primary N) is 3. The van der Waals surface area contributed by atoms with Crippen LogP contribution in [0.4, 0.5) is 54.9 Å². The summed E-state index contributed by atoms with van der Waals surface area (Å²) in [4.78, 5) is 79.6. The fourth-order valence-corrected chi connectivity index (χ4v) is 12.4. The smallest absolute Gasteiger partial charge is 0.870 e. The molecular weight excluding hydrogens is 1890 g/mol. The van der Waals surface area contributed by atoms with Gasteiger partial charge in [-0.15, -0.1) is 70.1 Å². The Balaban J connectivity index is 0.000000796. The molecule has 7 aromatic carbocycles. The van der Waals surface area contributed by atoms with Crippen LogP contribution in [-0.2, 0) is 67.1 Å². The summed E-state index contributed by atoms with van der Waals surface area (Å²) in [7, 11) is 0. The predicted octanol–water partition coefficient (Wildman–Crippen LogP) is 14.5. The molecule has 706 valence electrons. The van der Waals surface area contributed by atoms with E-state index >= 15 is 0 Å². The molecule has 0 saturated carbocycles. The van der Waals surface area contributed by atoms with Crippen molar-refractivity contribution in [2.24, 2.45) is 11.6 Å². The molecule has 0 aliphatic heterocycles.